The van der Waals surface area contributed by atoms with Gasteiger partial charge in [-0.25, -0.2) is 9.59 Å². The average Bonchev–Trinajstić information content (AvgIpc) is 3.12. The van der Waals surface area contributed by atoms with Gasteiger partial charge in [0.15, 0.2) is 0 Å². The van der Waals surface area contributed by atoms with Crippen molar-refractivity contribution < 1.29 is 24.2 Å². The van der Waals surface area contributed by atoms with E-state index < -0.39 is 30.1 Å². The molecule has 2 atom stereocenters. The first kappa shape index (κ1) is 23.9. The van der Waals surface area contributed by atoms with Crippen LogP contribution in [0.5, 0.6) is 0 Å². The summed E-state index contributed by atoms with van der Waals surface area (Å²) in [6, 6.07) is 13.9. The lowest BCUT2D eigenvalue weighted by molar-refractivity contribution is -0.143. The average molecular weight is 449 g/mol. The molecule has 0 aromatic heterocycles. The molecule has 3 N–H and O–H groups in total. The molecule has 0 bridgehead atoms. The van der Waals surface area contributed by atoms with Gasteiger partial charge in [0.05, 0.1) is 0 Å². The summed E-state index contributed by atoms with van der Waals surface area (Å²) >= 11 is 0. The Bertz CT molecular complexity index is 1050. The Labute approximate surface area is 193 Å². The molecular weight excluding hydrogens is 420 g/mol. The van der Waals surface area contributed by atoms with Gasteiger partial charge in [-0.1, -0.05) is 62.4 Å². The van der Waals surface area contributed by atoms with Crippen molar-refractivity contribution in [2.45, 2.75) is 45.2 Å². The van der Waals surface area contributed by atoms with Crippen molar-refractivity contribution in [3.05, 3.63) is 59.7 Å². The predicted molar refractivity (Wildman–Crippen MR) is 124 cm³/mol. The van der Waals surface area contributed by atoms with E-state index in [1.807, 2.05) is 48.5 Å². The van der Waals surface area contributed by atoms with Gasteiger partial charge in [-0.2, -0.15) is 0 Å². The highest BCUT2D eigenvalue weighted by atomic mass is 16.5. The largest absolute Gasteiger partial charge is 0.480 e. The number of amides is 2. The Balaban J connectivity index is 1.68. The number of carbonyl (C=O) groups excluding carboxylic acids is 2. The van der Waals surface area contributed by atoms with Gasteiger partial charge in [0, 0.05) is 12.3 Å². The van der Waals surface area contributed by atoms with Crippen LogP contribution in [0.25, 0.3) is 11.1 Å². The highest BCUT2D eigenvalue weighted by molar-refractivity contribution is 5.89. The van der Waals surface area contributed by atoms with E-state index in [4.69, 9.17) is 4.74 Å². The number of rotatable bonds is 8. The zero-order valence-corrected chi connectivity index (χ0v) is 18.9. The Hall–Kier alpha value is -3.79. The number of nitrogens with one attached hydrogen (secondary N) is 2. The molecule has 172 valence electrons. The number of ether oxygens (including phenoxy) is 1. The summed E-state index contributed by atoms with van der Waals surface area (Å²) in [7, 11) is 0. The number of hydrogen-bond acceptors (Lipinski definition) is 4. The van der Waals surface area contributed by atoms with Crippen LogP contribution in [0.15, 0.2) is 48.5 Å². The molecule has 2 unspecified atom stereocenters. The summed E-state index contributed by atoms with van der Waals surface area (Å²) < 4.78 is 5.51. The molecule has 2 aromatic carbocycles. The fourth-order valence-electron chi connectivity index (χ4n) is 3.96. The second-order valence-electron chi connectivity index (χ2n) is 8.22. The molecular formula is C26H28N2O5. The van der Waals surface area contributed by atoms with Crippen LogP contribution < -0.4 is 10.6 Å². The van der Waals surface area contributed by atoms with E-state index >= 15 is 0 Å². The number of hydrogen-bond donors (Lipinski definition) is 3. The van der Waals surface area contributed by atoms with Gasteiger partial charge in [0.1, 0.15) is 18.7 Å². The molecule has 1 aliphatic carbocycles. The maximum absolute atomic E-state index is 12.7. The minimum Gasteiger partial charge on any atom is -0.480 e. The van der Waals surface area contributed by atoms with Crippen molar-refractivity contribution in [1.29, 1.82) is 0 Å². The summed E-state index contributed by atoms with van der Waals surface area (Å²) in [5, 5.41) is 14.4. The van der Waals surface area contributed by atoms with Gasteiger partial charge in [-0.15, -0.1) is 11.8 Å². The van der Waals surface area contributed by atoms with E-state index in [2.05, 4.69) is 22.5 Å². The Morgan fingerprint density at radius 2 is 1.58 bits per heavy atom. The van der Waals surface area contributed by atoms with Crippen molar-refractivity contribution in [1.82, 2.24) is 10.6 Å². The molecule has 0 spiro atoms. The van der Waals surface area contributed by atoms with E-state index in [0.717, 1.165) is 22.3 Å². The van der Waals surface area contributed by atoms with Gasteiger partial charge in [0.25, 0.3) is 0 Å². The molecule has 3 rings (SSSR count). The number of carboxylic acids is 1. The highest BCUT2D eigenvalue weighted by Crippen LogP contribution is 2.44. The summed E-state index contributed by atoms with van der Waals surface area (Å²) in [4.78, 5) is 36.7. The second kappa shape index (κ2) is 10.7. The Morgan fingerprint density at radius 3 is 2.09 bits per heavy atom. The molecule has 0 fully saturated rings. The molecule has 7 nitrogen and oxygen atoms in total. The van der Waals surface area contributed by atoms with Crippen molar-refractivity contribution in [3.8, 4) is 23.0 Å². The number of alkyl carbamates (subject to hydrolysis) is 1. The Kier molecular flexibility index (Phi) is 7.73. The molecule has 33 heavy (non-hydrogen) atoms. The lowest BCUT2D eigenvalue weighted by Crippen LogP contribution is -2.53. The van der Waals surface area contributed by atoms with Crippen LogP contribution in [-0.4, -0.2) is 41.8 Å². The van der Waals surface area contributed by atoms with Crippen LogP contribution in [-0.2, 0) is 14.3 Å². The van der Waals surface area contributed by atoms with Gasteiger partial charge in [-0.05, 0) is 35.1 Å². The van der Waals surface area contributed by atoms with Crippen LogP contribution in [0.2, 0.25) is 0 Å². The summed E-state index contributed by atoms with van der Waals surface area (Å²) in [5.41, 5.74) is 4.40. The lowest BCUT2D eigenvalue weighted by Gasteiger charge is -2.22. The Morgan fingerprint density at radius 1 is 1.00 bits per heavy atom. The van der Waals surface area contributed by atoms with Gasteiger partial charge in [-0.3, -0.25) is 4.79 Å². The first-order valence-electron chi connectivity index (χ1n) is 10.9. The monoisotopic (exact) mass is 448 g/mol. The molecule has 0 heterocycles. The minimum absolute atomic E-state index is 0.0387. The van der Waals surface area contributed by atoms with Gasteiger partial charge < -0.3 is 20.5 Å². The van der Waals surface area contributed by atoms with E-state index in [0.29, 0.717) is 0 Å². The summed E-state index contributed by atoms with van der Waals surface area (Å²) in [6.07, 6.45) is -0.719. The van der Waals surface area contributed by atoms with Crippen LogP contribution in [0.1, 0.15) is 44.2 Å². The van der Waals surface area contributed by atoms with E-state index in [1.165, 1.54) is 0 Å². The van der Waals surface area contributed by atoms with E-state index in [1.54, 1.807) is 20.8 Å². The number of benzene rings is 2. The smallest absolute Gasteiger partial charge is 0.407 e. The van der Waals surface area contributed by atoms with Gasteiger partial charge >= 0.3 is 12.1 Å². The summed E-state index contributed by atoms with van der Waals surface area (Å²) in [6.45, 7) is 5.12. The maximum Gasteiger partial charge on any atom is 0.407 e. The van der Waals surface area contributed by atoms with Gasteiger partial charge in [0.2, 0.25) is 5.91 Å². The van der Waals surface area contributed by atoms with Crippen LogP contribution in [0.4, 0.5) is 4.79 Å². The third-order valence-corrected chi connectivity index (χ3v) is 5.67. The number of fused-ring (bicyclic) bond motifs is 3. The molecule has 2 aromatic rings. The number of carbonyl (C=O) groups is 3. The summed E-state index contributed by atoms with van der Waals surface area (Å²) in [5.74, 6) is 3.26. The SMILES string of the molecule is CC#CCC(NC(=O)OCC1c2ccccc2-c2ccccc21)C(=O)NC(C(=O)O)C(C)C. The third-order valence-electron chi connectivity index (χ3n) is 5.67. The fourth-order valence-corrected chi connectivity index (χ4v) is 3.96. The molecule has 0 saturated carbocycles. The maximum atomic E-state index is 12.7. The van der Waals surface area contributed by atoms with E-state index in [9.17, 15) is 19.5 Å². The van der Waals surface area contributed by atoms with Crippen molar-refractivity contribution in [2.75, 3.05) is 6.61 Å². The molecule has 1 aliphatic rings. The first-order valence-corrected chi connectivity index (χ1v) is 10.9. The molecule has 2 amide bonds. The van der Waals surface area contributed by atoms with E-state index in [-0.39, 0.29) is 24.9 Å². The predicted octanol–water partition coefficient (Wildman–Crippen LogP) is 3.53. The molecule has 0 saturated heterocycles. The minimum atomic E-state index is -1.14. The number of aliphatic carboxylic acids is 1. The van der Waals surface area contributed by atoms with Crippen molar-refractivity contribution >= 4 is 18.0 Å². The van der Waals surface area contributed by atoms with Crippen LogP contribution in [0.3, 0.4) is 0 Å². The third kappa shape index (κ3) is 5.53. The zero-order valence-electron chi connectivity index (χ0n) is 18.9. The molecule has 7 heteroatoms. The van der Waals surface area contributed by atoms with Crippen LogP contribution in [0, 0.1) is 17.8 Å². The molecule has 0 radical (unpaired) electrons. The highest BCUT2D eigenvalue weighted by Gasteiger charge is 2.31. The van der Waals surface area contributed by atoms with Crippen molar-refractivity contribution in [3.63, 3.8) is 0 Å². The number of carboxylic acid groups (broad SMARTS) is 1. The lowest BCUT2D eigenvalue weighted by atomic mass is 9.98. The fraction of sp³-hybridized carbons (Fsp3) is 0.346. The van der Waals surface area contributed by atoms with Crippen LogP contribution >= 0.6 is 0 Å². The standard InChI is InChI=1S/C26H28N2O5/c1-4-5-14-22(24(29)28-23(16(2)3)25(30)31)27-26(32)33-15-21-19-12-8-6-10-17(19)18-11-7-9-13-20(18)21/h6-13,16,21-23H,14-15H2,1-3H3,(H,27,32)(H,28,29)(H,30,31). The topological polar surface area (TPSA) is 105 Å². The molecule has 0 aliphatic heterocycles. The second-order valence-corrected chi connectivity index (χ2v) is 8.22. The first-order chi connectivity index (χ1) is 15.8. The normalized spacial score (nSPS) is 13.7. The zero-order chi connectivity index (χ0) is 24.0. The quantitative estimate of drug-likeness (QED) is 0.536. The van der Waals surface area contributed by atoms with Crippen molar-refractivity contribution in [2.24, 2.45) is 5.92 Å².